The van der Waals surface area contributed by atoms with Crippen molar-refractivity contribution < 1.29 is 18.7 Å². The van der Waals surface area contributed by atoms with E-state index in [1.165, 1.54) is 50.7 Å². The molecule has 136 valence electrons. The number of carboxylic acid groups (broad SMARTS) is 1. The quantitative estimate of drug-likeness (QED) is 0.214. The summed E-state index contributed by atoms with van der Waals surface area (Å²) in [6.07, 6.45) is 17.5. The van der Waals surface area contributed by atoms with Crippen LogP contribution in [0.3, 0.4) is 0 Å². The van der Waals surface area contributed by atoms with Crippen molar-refractivity contribution >= 4 is 5.97 Å². The van der Waals surface area contributed by atoms with Crippen molar-refractivity contribution in [3.8, 4) is 0 Å². The number of carboxylic acids is 1. The van der Waals surface area contributed by atoms with Crippen LogP contribution in [0.4, 0.5) is 8.78 Å². The van der Waals surface area contributed by atoms with Crippen LogP contribution >= 0.6 is 0 Å². The molecule has 0 unspecified atom stereocenters. The summed E-state index contributed by atoms with van der Waals surface area (Å²) in [4.78, 5) is 10.2. The van der Waals surface area contributed by atoms with E-state index in [0.29, 0.717) is 6.42 Å². The molecule has 0 aromatic heterocycles. The average Bonchev–Trinajstić information content (AvgIpc) is 2.55. The molecule has 0 atom stereocenters. The van der Waals surface area contributed by atoms with Gasteiger partial charge in [0.1, 0.15) is 11.7 Å². The highest BCUT2D eigenvalue weighted by Crippen LogP contribution is 2.14. The Morgan fingerprint density at radius 3 is 1.96 bits per heavy atom. The van der Waals surface area contributed by atoms with Gasteiger partial charge in [0.2, 0.25) is 0 Å². The Morgan fingerprint density at radius 2 is 1.38 bits per heavy atom. The third-order valence-corrected chi connectivity index (χ3v) is 3.55. The molecule has 0 aliphatic heterocycles. The minimum Gasteiger partial charge on any atom is -0.478 e. The number of rotatable bonds is 14. The second kappa shape index (κ2) is 16.2. The van der Waals surface area contributed by atoms with Gasteiger partial charge in [-0.2, -0.15) is 0 Å². The van der Waals surface area contributed by atoms with Gasteiger partial charge in [0.05, 0.1) is 0 Å². The normalized spacial score (nSPS) is 13.3. The maximum absolute atomic E-state index is 13.5. The molecule has 0 aliphatic rings. The van der Waals surface area contributed by atoms with Gasteiger partial charge < -0.3 is 5.11 Å². The van der Waals surface area contributed by atoms with E-state index in [9.17, 15) is 13.6 Å². The summed E-state index contributed by atoms with van der Waals surface area (Å²) in [5.41, 5.74) is 0. The molecule has 0 fully saturated rings. The Kier molecular flexibility index (Phi) is 15.0. The molecule has 0 rings (SSSR count). The van der Waals surface area contributed by atoms with Crippen molar-refractivity contribution in [2.75, 3.05) is 0 Å². The maximum atomic E-state index is 13.5. The number of hydrogen-bond donors (Lipinski definition) is 1. The van der Waals surface area contributed by atoms with Crippen molar-refractivity contribution in [3.63, 3.8) is 0 Å². The molecule has 0 radical (unpaired) electrons. The third kappa shape index (κ3) is 16.7. The molecule has 0 aliphatic carbocycles. The first-order valence-corrected chi connectivity index (χ1v) is 8.85. The predicted molar refractivity (Wildman–Crippen MR) is 96.1 cm³/mol. The number of unbranched alkanes of at least 4 members (excludes halogenated alkanes) is 8. The van der Waals surface area contributed by atoms with Crippen LogP contribution in [0.5, 0.6) is 0 Å². The smallest absolute Gasteiger partial charge is 0.328 e. The van der Waals surface area contributed by atoms with Crippen molar-refractivity contribution in [2.24, 2.45) is 0 Å². The number of aliphatic carboxylic acids is 1. The SMILES string of the molecule is CCCCCCCCCCC/C(F)=C/C=C(F)/C=C/C=C/C(=O)O. The summed E-state index contributed by atoms with van der Waals surface area (Å²) >= 11 is 0. The number of hydrogen-bond acceptors (Lipinski definition) is 1. The van der Waals surface area contributed by atoms with E-state index in [2.05, 4.69) is 6.92 Å². The highest BCUT2D eigenvalue weighted by atomic mass is 19.1. The molecule has 1 N–H and O–H groups in total. The fraction of sp³-hybridized carbons (Fsp3) is 0.550. The molecule has 4 heteroatoms. The fourth-order valence-electron chi connectivity index (χ4n) is 2.20. The van der Waals surface area contributed by atoms with Gasteiger partial charge in [-0.25, -0.2) is 13.6 Å². The Bertz CT molecular complexity index is 449. The van der Waals surface area contributed by atoms with E-state index in [1.807, 2.05) is 0 Å². The van der Waals surface area contributed by atoms with Crippen LogP contribution in [0.15, 0.2) is 48.1 Å². The predicted octanol–water partition coefficient (Wildman–Crippen LogP) is 6.81. The highest BCUT2D eigenvalue weighted by Gasteiger charge is 1.96. The van der Waals surface area contributed by atoms with Crippen LogP contribution < -0.4 is 0 Å². The molecule has 0 spiro atoms. The molecule has 0 bridgehead atoms. The van der Waals surface area contributed by atoms with Gasteiger partial charge in [-0.3, -0.25) is 0 Å². The van der Waals surface area contributed by atoms with Gasteiger partial charge in [-0.05, 0) is 31.1 Å². The summed E-state index contributed by atoms with van der Waals surface area (Å²) in [5, 5.41) is 8.35. The Hall–Kier alpha value is -1.71. The first-order chi connectivity index (χ1) is 11.6. The number of carbonyl (C=O) groups is 1. The molecule has 0 aromatic rings. The molecule has 0 saturated carbocycles. The summed E-state index contributed by atoms with van der Waals surface area (Å²) < 4.78 is 26.8. The lowest BCUT2D eigenvalue weighted by molar-refractivity contribution is -0.131. The molecular weight excluding hydrogens is 310 g/mol. The highest BCUT2D eigenvalue weighted by molar-refractivity contribution is 5.80. The van der Waals surface area contributed by atoms with Crippen LogP contribution in [0.2, 0.25) is 0 Å². The molecule has 24 heavy (non-hydrogen) atoms. The van der Waals surface area contributed by atoms with Gasteiger partial charge in [0, 0.05) is 6.08 Å². The lowest BCUT2D eigenvalue weighted by Gasteiger charge is -2.01. The van der Waals surface area contributed by atoms with Gasteiger partial charge in [0.15, 0.2) is 0 Å². The van der Waals surface area contributed by atoms with Gasteiger partial charge >= 0.3 is 5.97 Å². The Morgan fingerprint density at radius 1 is 0.833 bits per heavy atom. The van der Waals surface area contributed by atoms with Crippen molar-refractivity contribution in [1.82, 2.24) is 0 Å². The van der Waals surface area contributed by atoms with E-state index in [-0.39, 0.29) is 5.83 Å². The zero-order valence-electron chi connectivity index (χ0n) is 14.6. The van der Waals surface area contributed by atoms with Crippen molar-refractivity contribution in [1.29, 1.82) is 0 Å². The maximum Gasteiger partial charge on any atom is 0.328 e. The summed E-state index contributed by atoms with van der Waals surface area (Å²) in [5.74, 6) is -2.05. The topological polar surface area (TPSA) is 37.3 Å². The first kappa shape index (κ1) is 22.3. The molecule has 2 nitrogen and oxygen atoms in total. The molecular formula is C20H30F2O2. The minimum atomic E-state index is -1.10. The Labute approximate surface area is 144 Å². The number of allylic oxidation sites excluding steroid dienone is 7. The summed E-state index contributed by atoms with van der Waals surface area (Å²) in [6.45, 7) is 2.20. The van der Waals surface area contributed by atoms with E-state index in [0.717, 1.165) is 43.6 Å². The monoisotopic (exact) mass is 340 g/mol. The summed E-state index contributed by atoms with van der Waals surface area (Å²) in [7, 11) is 0. The molecule has 0 aromatic carbocycles. The standard InChI is InChI=1S/C20H30F2O2/c1-2-3-4-5-6-7-8-9-10-13-18(21)16-17-19(22)14-11-12-15-20(23)24/h11-12,14-17H,2-10,13H2,1H3,(H,23,24)/b14-11+,15-12+,18-16-,19-17-. The zero-order chi connectivity index (χ0) is 18.0. The van der Waals surface area contributed by atoms with E-state index < -0.39 is 11.8 Å². The van der Waals surface area contributed by atoms with Crippen molar-refractivity contribution in [3.05, 3.63) is 48.1 Å². The van der Waals surface area contributed by atoms with Crippen molar-refractivity contribution in [2.45, 2.75) is 71.1 Å². The van der Waals surface area contributed by atoms with Crippen LogP contribution in [0.1, 0.15) is 71.1 Å². The van der Waals surface area contributed by atoms with Crippen LogP contribution in [-0.4, -0.2) is 11.1 Å². The van der Waals surface area contributed by atoms with Gasteiger partial charge in [0.25, 0.3) is 0 Å². The first-order valence-electron chi connectivity index (χ1n) is 8.85. The van der Waals surface area contributed by atoms with Gasteiger partial charge in [-0.15, -0.1) is 0 Å². The van der Waals surface area contributed by atoms with E-state index >= 15 is 0 Å². The zero-order valence-corrected chi connectivity index (χ0v) is 14.6. The van der Waals surface area contributed by atoms with Crippen LogP contribution in [0.25, 0.3) is 0 Å². The lowest BCUT2D eigenvalue weighted by Crippen LogP contribution is -1.84. The van der Waals surface area contributed by atoms with E-state index in [1.54, 1.807) is 0 Å². The molecule has 0 saturated heterocycles. The number of halogens is 2. The second-order valence-corrected chi connectivity index (χ2v) is 5.80. The largest absolute Gasteiger partial charge is 0.478 e. The van der Waals surface area contributed by atoms with Crippen LogP contribution in [0, 0.1) is 0 Å². The fourth-order valence-corrected chi connectivity index (χ4v) is 2.20. The average molecular weight is 340 g/mol. The Balaban J connectivity index is 3.78. The van der Waals surface area contributed by atoms with Gasteiger partial charge in [-0.1, -0.05) is 70.4 Å². The molecule has 0 heterocycles. The third-order valence-electron chi connectivity index (χ3n) is 3.55. The molecule has 0 amide bonds. The van der Waals surface area contributed by atoms with E-state index in [4.69, 9.17) is 5.11 Å². The summed E-state index contributed by atoms with van der Waals surface area (Å²) in [6, 6.07) is 0. The van der Waals surface area contributed by atoms with Crippen LogP contribution in [-0.2, 0) is 4.79 Å². The lowest BCUT2D eigenvalue weighted by atomic mass is 10.1. The minimum absolute atomic E-state index is 0.331. The second-order valence-electron chi connectivity index (χ2n) is 5.80.